The van der Waals surface area contributed by atoms with Gasteiger partial charge in [0.05, 0.1) is 13.2 Å². The Morgan fingerprint density at radius 2 is 2.23 bits per heavy atom. The maximum atomic E-state index is 11.9. The number of carbonyl (C=O) groups is 1. The molecule has 7 nitrogen and oxygen atoms in total. The SMILES string of the molecule is CCNC(=O)N1CCOC(c2noc(-c3ccccc3)n2)C1. The molecule has 0 bridgehead atoms. The van der Waals surface area contributed by atoms with Gasteiger partial charge in [-0.25, -0.2) is 4.79 Å². The van der Waals surface area contributed by atoms with E-state index < -0.39 is 0 Å². The Hall–Kier alpha value is -2.41. The first-order chi connectivity index (χ1) is 10.8. The van der Waals surface area contributed by atoms with Gasteiger partial charge in [-0.3, -0.25) is 0 Å². The maximum Gasteiger partial charge on any atom is 0.317 e. The minimum absolute atomic E-state index is 0.0948. The van der Waals surface area contributed by atoms with Gasteiger partial charge >= 0.3 is 6.03 Å². The third kappa shape index (κ3) is 3.09. The molecule has 1 aromatic carbocycles. The lowest BCUT2D eigenvalue weighted by Gasteiger charge is -2.31. The Kier molecular flexibility index (Phi) is 4.34. The van der Waals surface area contributed by atoms with Crippen LogP contribution in [-0.4, -0.2) is 47.3 Å². The smallest absolute Gasteiger partial charge is 0.317 e. The first-order valence-corrected chi connectivity index (χ1v) is 7.31. The topological polar surface area (TPSA) is 80.5 Å². The van der Waals surface area contributed by atoms with Gasteiger partial charge in [0.1, 0.15) is 6.10 Å². The van der Waals surface area contributed by atoms with E-state index in [1.165, 1.54) is 0 Å². The van der Waals surface area contributed by atoms with Gasteiger partial charge in [-0.2, -0.15) is 4.98 Å². The lowest BCUT2D eigenvalue weighted by atomic mass is 10.2. The molecule has 1 saturated heterocycles. The molecule has 0 radical (unpaired) electrons. The number of hydrogen-bond donors (Lipinski definition) is 1. The van der Waals surface area contributed by atoms with Crippen molar-refractivity contribution in [3.05, 3.63) is 36.2 Å². The van der Waals surface area contributed by atoms with Crippen molar-refractivity contribution in [2.24, 2.45) is 0 Å². The Morgan fingerprint density at radius 1 is 1.41 bits per heavy atom. The average molecular weight is 302 g/mol. The number of benzene rings is 1. The van der Waals surface area contributed by atoms with Gasteiger partial charge in [0.2, 0.25) is 5.82 Å². The van der Waals surface area contributed by atoms with Gasteiger partial charge < -0.3 is 19.5 Å². The molecular weight excluding hydrogens is 284 g/mol. The fraction of sp³-hybridized carbons (Fsp3) is 0.400. The third-order valence-electron chi connectivity index (χ3n) is 3.43. The van der Waals surface area contributed by atoms with Crippen LogP contribution in [0.3, 0.4) is 0 Å². The number of urea groups is 1. The summed E-state index contributed by atoms with van der Waals surface area (Å²) in [4.78, 5) is 18.0. The van der Waals surface area contributed by atoms with Gasteiger partial charge in [0.25, 0.3) is 5.89 Å². The van der Waals surface area contributed by atoms with E-state index >= 15 is 0 Å². The first kappa shape index (κ1) is 14.5. The zero-order valence-corrected chi connectivity index (χ0v) is 12.4. The van der Waals surface area contributed by atoms with Gasteiger partial charge in [-0.05, 0) is 19.1 Å². The molecule has 1 fully saturated rings. The molecule has 22 heavy (non-hydrogen) atoms. The first-order valence-electron chi connectivity index (χ1n) is 7.31. The minimum Gasteiger partial charge on any atom is -0.366 e. The number of nitrogens with zero attached hydrogens (tertiary/aromatic N) is 3. The highest BCUT2D eigenvalue weighted by Crippen LogP contribution is 2.23. The molecule has 3 rings (SSSR count). The number of ether oxygens (including phenoxy) is 1. The van der Waals surface area contributed by atoms with Crippen molar-refractivity contribution in [2.45, 2.75) is 13.0 Å². The van der Waals surface area contributed by atoms with Crippen LogP contribution in [0.15, 0.2) is 34.9 Å². The monoisotopic (exact) mass is 302 g/mol. The van der Waals surface area contributed by atoms with E-state index in [1.807, 2.05) is 37.3 Å². The fourth-order valence-electron chi connectivity index (χ4n) is 2.32. The molecule has 1 aliphatic rings. The predicted octanol–water partition coefficient (Wildman–Crippen LogP) is 1.84. The summed E-state index contributed by atoms with van der Waals surface area (Å²) >= 11 is 0. The summed E-state index contributed by atoms with van der Waals surface area (Å²) < 4.78 is 11.0. The van der Waals surface area contributed by atoms with E-state index in [4.69, 9.17) is 9.26 Å². The molecule has 1 aromatic heterocycles. The molecule has 1 atom stereocenters. The zero-order valence-electron chi connectivity index (χ0n) is 12.4. The summed E-state index contributed by atoms with van der Waals surface area (Å²) in [6.45, 7) is 3.92. The van der Waals surface area contributed by atoms with Gasteiger partial charge in [0.15, 0.2) is 0 Å². The number of rotatable bonds is 3. The molecule has 0 saturated carbocycles. The van der Waals surface area contributed by atoms with Crippen LogP contribution in [0.5, 0.6) is 0 Å². The Balaban J connectivity index is 1.72. The molecule has 2 amide bonds. The van der Waals surface area contributed by atoms with E-state index in [0.717, 1.165) is 5.56 Å². The van der Waals surface area contributed by atoms with Crippen LogP contribution in [0.2, 0.25) is 0 Å². The number of hydrogen-bond acceptors (Lipinski definition) is 5. The fourth-order valence-corrected chi connectivity index (χ4v) is 2.32. The Bertz CT molecular complexity index is 629. The summed E-state index contributed by atoms with van der Waals surface area (Å²) in [6.07, 6.45) is -0.363. The lowest BCUT2D eigenvalue weighted by molar-refractivity contribution is -0.0208. The Morgan fingerprint density at radius 3 is 3.00 bits per heavy atom. The number of nitrogens with one attached hydrogen (secondary N) is 1. The minimum atomic E-state index is -0.363. The molecule has 0 aliphatic carbocycles. The van der Waals surface area contributed by atoms with E-state index in [-0.39, 0.29) is 12.1 Å². The molecule has 7 heteroatoms. The summed E-state index contributed by atoms with van der Waals surface area (Å²) in [7, 11) is 0. The summed E-state index contributed by atoms with van der Waals surface area (Å²) in [6, 6.07) is 9.46. The van der Waals surface area contributed by atoms with Crippen LogP contribution in [0.25, 0.3) is 11.5 Å². The number of carbonyl (C=O) groups excluding carboxylic acids is 1. The van der Waals surface area contributed by atoms with Crippen molar-refractivity contribution >= 4 is 6.03 Å². The number of morpholine rings is 1. The standard InChI is InChI=1S/C15H18N4O3/c1-2-16-15(20)19-8-9-21-12(10-19)13-17-14(22-18-13)11-6-4-3-5-7-11/h3-7,12H,2,8-10H2,1H3,(H,16,20). The second-order valence-electron chi connectivity index (χ2n) is 4.96. The van der Waals surface area contributed by atoms with Gasteiger partial charge in [0, 0.05) is 18.7 Å². The largest absolute Gasteiger partial charge is 0.366 e. The van der Waals surface area contributed by atoms with Crippen molar-refractivity contribution in [3.63, 3.8) is 0 Å². The molecule has 1 unspecified atom stereocenters. The third-order valence-corrected chi connectivity index (χ3v) is 3.43. The molecule has 0 spiro atoms. The highest BCUT2D eigenvalue weighted by molar-refractivity contribution is 5.74. The zero-order chi connectivity index (χ0) is 15.4. The van der Waals surface area contributed by atoms with Crippen LogP contribution >= 0.6 is 0 Å². The maximum absolute atomic E-state index is 11.9. The highest BCUT2D eigenvalue weighted by atomic mass is 16.5. The Labute approximate surface area is 128 Å². The van der Waals surface area contributed by atoms with Gasteiger partial charge in [-0.15, -0.1) is 0 Å². The number of amides is 2. The quantitative estimate of drug-likeness (QED) is 0.935. The van der Waals surface area contributed by atoms with E-state index in [2.05, 4.69) is 15.5 Å². The summed E-state index contributed by atoms with van der Waals surface area (Å²) in [5.41, 5.74) is 0.859. The van der Waals surface area contributed by atoms with E-state index in [0.29, 0.717) is 38.0 Å². The van der Waals surface area contributed by atoms with Crippen molar-refractivity contribution in [1.29, 1.82) is 0 Å². The van der Waals surface area contributed by atoms with Crippen molar-refractivity contribution in [1.82, 2.24) is 20.4 Å². The average Bonchev–Trinajstić information content (AvgIpc) is 3.06. The highest BCUT2D eigenvalue weighted by Gasteiger charge is 2.28. The van der Waals surface area contributed by atoms with Gasteiger partial charge in [-0.1, -0.05) is 23.4 Å². The van der Waals surface area contributed by atoms with E-state index in [9.17, 15) is 4.79 Å². The molecule has 2 aromatic rings. The summed E-state index contributed by atoms with van der Waals surface area (Å²) in [5, 5.41) is 6.77. The summed E-state index contributed by atoms with van der Waals surface area (Å²) in [5.74, 6) is 0.919. The second kappa shape index (κ2) is 6.57. The molecule has 1 N–H and O–H groups in total. The van der Waals surface area contributed by atoms with Crippen LogP contribution < -0.4 is 5.32 Å². The lowest BCUT2D eigenvalue weighted by Crippen LogP contribution is -2.47. The van der Waals surface area contributed by atoms with Crippen LogP contribution in [0.4, 0.5) is 4.79 Å². The van der Waals surface area contributed by atoms with Crippen LogP contribution in [0.1, 0.15) is 18.9 Å². The van der Waals surface area contributed by atoms with Crippen molar-refractivity contribution < 1.29 is 14.1 Å². The normalized spacial score (nSPS) is 18.2. The molecule has 116 valence electrons. The van der Waals surface area contributed by atoms with Crippen molar-refractivity contribution in [2.75, 3.05) is 26.2 Å². The molecule has 1 aliphatic heterocycles. The number of aromatic nitrogens is 2. The predicted molar refractivity (Wildman–Crippen MR) is 79.1 cm³/mol. The van der Waals surface area contributed by atoms with Crippen LogP contribution in [-0.2, 0) is 4.74 Å². The van der Waals surface area contributed by atoms with Crippen molar-refractivity contribution in [3.8, 4) is 11.5 Å². The molecular formula is C15H18N4O3. The second-order valence-corrected chi connectivity index (χ2v) is 4.96. The van der Waals surface area contributed by atoms with E-state index in [1.54, 1.807) is 4.90 Å². The molecule has 2 heterocycles. The van der Waals surface area contributed by atoms with Crippen LogP contribution in [0, 0.1) is 0 Å².